The van der Waals surface area contributed by atoms with Gasteiger partial charge in [0.1, 0.15) is 17.2 Å². The number of halogens is 1. The molecule has 6 rings (SSSR count). The van der Waals surface area contributed by atoms with E-state index in [1.54, 1.807) is 10.6 Å². The van der Waals surface area contributed by atoms with Crippen LogP contribution in [0.5, 0.6) is 0 Å². The minimum absolute atomic E-state index is 0.0712. The molecule has 0 radical (unpaired) electrons. The third kappa shape index (κ3) is 5.61. The van der Waals surface area contributed by atoms with Crippen LogP contribution in [0.2, 0.25) is 0 Å². The Labute approximate surface area is 234 Å². The standard InChI is InChI=1S/C28H34FN5O5S/c29-18-15-23-25(30-16-18)33(21-7-13-40-14-8-21)28(37)34(27(23)36)20-3-1-19(2-4-20)31-26(35)24-6-5-22(39-24)17-32-9-11-38-12-10-32/h5-6,15-16,19-21H,1-4,7-14,17H2,(H,31,35). The molecule has 1 N–H and O–H groups in total. The zero-order chi connectivity index (χ0) is 27.6. The molecule has 0 spiro atoms. The molecule has 2 aliphatic heterocycles. The van der Waals surface area contributed by atoms with E-state index in [2.05, 4.69) is 15.2 Å². The molecule has 3 fully saturated rings. The first-order valence-corrected chi connectivity index (χ1v) is 15.2. The Morgan fingerprint density at radius 2 is 1.75 bits per heavy atom. The minimum atomic E-state index is -0.599. The number of nitrogens with one attached hydrogen (secondary N) is 1. The summed E-state index contributed by atoms with van der Waals surface area (Å²) >= 11 is 1.84. The number of aromatic nitrogens is 3. The fourth-order valence-corrected chi connectivity index (χ4v) is 7.18. The van der Waals surface area contributed by atoms with Gasteiger partial charge in [0, 0.05) is 31.2 Å². The second-order valence-corrected chi connectivity index (χ2v) is 12.1. The van der Waals surface area contributed by atoms with Crippen LogP contribution < -0.4 is 16.6 Å². The molecule has 0 atom stereocenters. The van der Waals surface area contributed by atoms with Crippen LogP contribution >= 0.6 is 11.8 Å². The molecule has 214 valence electrons. The molecular weight excluding hydrogens is 537 g/mol. The Kier molecular flexibility index (Phi) is 8.08. The van der Waals surface area contributed by atoms with Crippen molar-refractivity contribution in [3.05, 3.63) is 62.6 Å². The predicted octanol–water partition coefficient (Wildman–Crippen LogP) is 3.10. The number of ether oxygens (including phenoxy) is 1. The van der Waals surface area contributed by atoms with Crippen LogP contribution in [0.15, 0.2) is 38.4 Å². The van der Waals surface area contributed by atoms with Gasteiger partial charge in [-0.2, -0.15) is 11.8 Å². The number of nitrogens with zero attached hydrogens (tertiary/aromatic N) is 4. The maximum atomic E-state index is 14.1. The smallest absolute Gasteiger partial charge is 0.333 e. The molecule has 0 bridgehead atoms. The number of fused-ring (bicyclic) bond motifs is 1. The summed E-state index contributed by atoms with van der Waals surface area (Å²) in [6, 6.07) is 4.24. The van der Waals surface area contributed by atoms with E-state index in [9.17, 15) is 18.8 Å². The largest absolute Gasteiger partial charge is 0.455 e. The number of furan rings is 1. The fraction of sp³-hybridized carbons (Fsp3) is 0.571. The van der Waals surface area contributed by atoms with Gasteiger partial charge in [-0.1, -0.05) is 0 Å². The molecule has 3 aromatic heterocycles. The molecule has 5 heterocycles. The van der Waals surface area contributed by atoms with Gasteiger partial charge in [-0.25, -0.2) is 14.2 Å². The number of amides is 1. The minimum Gasteiger partial charge on any atom is -0.455 e. The van der Waals surface area contributed by atoms with Crippen LogP contribution in [0.3, 0.4) is 0 Å². The van der Waals surface area contributed by atoms with Gasteiger partial charge in [-0.3, -0.25) is 23.6 Å². The number of hydrogen-bond donors (Lipinski definition) is 1. The summed E-state index contributed by atoms with van der Waals surface area (Å²) in [4.78, 5) is 46.5. The number of morpholine rings is 1. The lowest BCUT2D eigenvalue weighted by Crippen LogP contribution is -2.46. The van der Waals surface area contributed by atoms with Crippen LogP contribution in [0.4, 0.5) is 4.39 Å². The van der Waals surface area contributed by atoms with E-state index in [0.29, 0.717) is 45.4 Å². The van der Waals surface area contributed by atoms with Crippen LogP contribution in [0.1, 0.15) is 66.9 Å². The van der Waals surface area contributed by atoms with Crippen molar-refractivity contribution >= 4 is 28.7 Å². The summed E-state index contributed by atoms with van der Waals surface area (Å²) in [5.41, 5.74) is -0.606. The highest BCUT2D eigenvalue weighted by Gasteiger charge is 2.30. The van der Waals surface area contributed by atoms with Crippen molar-refractivity contribution in [1.82, 2.24) is 24.3 Å². The number of thioether (sulfide) groups is 1. The van der Waals surface area contributed by atoms with Gasteiger partial charge >= 0.3 is 5.69 Å². The summed E-state index contributed by atoms with van der Waals surface area (Å²) in [6.45, 7) is 3.70. The van der Waals surface area contributed by atoms with Gasteiger partial charge in [-0.05, 0) is 68.2 Å². The lowest BCUT2D eigenvalue weighted by atomic mass is 9.90. The lowest BCUT2D eigenvalue weighted by Gasteiger charge is -2.31. The number of pyridine rings is 1. The summed E-state index contributed by atoms with van der Waals surface area (Å²) in [5.74, 6) is 2.00. The van der Waals surface area contributed by atoms with Crippen molar-refractivity contribution in [2.45, 2.75) is 63.2 Å². The van der Waals surface area contributed by atoms with Crippen molar-refractivity contribution in [2.24, 2.45) is 0 Å². The van der Waals surface area contributed by atoms with Crippen LogP contribution in [-0.2, 0) is 11.3 Å². The van der Waals surface area contributed by atoms with Crippen LogP contribution in [0, 0.1) is 5.82 Å². The molecular formula is C28H34FN5O5S. The second-order valence-electron chi connectivity index (χ2n) is 10.8. The van der Waals surface area contributed by atoms with Gasteiger partial charge in [0.25, 0.3) is 11.5 Å². The Morgan fingerprint density at radius 3 is 2.50 bits per heavy atom. The van der Waals surface area contributed by atoms with Crippen molar-refractivity contribution in [3.8, 4) is 0 Å². The van der Waals surface area contributed by atoms with E-state index in [1.165, 1.54) is 10.6 Å². The summed E-state index contributed by atoms with van der Waals surface area (Å²) in [5, 5.41) is 3.19. The second kappa shape index (κ2) is 11.9. The molecule has 3 aromatic rings. The Bertz CT molecular complexity index is 1480. The topological polar surface area (TPSA) is 112 Å². The van der Waals surface area contributed by atoms with Crippen LogP contribution in [0.25, 0.3) is 11.0 Å². The van der Waals surface area contributed by atoms with E-state index in [4.69, 9.17) is 9.15 Å². The maximum absolute atomic E-state index is 14.1. The normalized spacial score (nSPS) is 22.9. The van der Waals surface area contributed by atoms with Gasteiger partial charge < -0.3 is 14.5 Å². The third-order valence-electron chi connectivity index (χ3n) is 8.24. The molecule has 1 aliphatic carbocycles. The first-order chi connectivity index (χ1) is 19.5. The molecule has 12 heteroatoms. The summed E-state index contributed by atoms with van der Waals surface area (Å²) in [7, 11) is 0. The first-order valence-electron chi connectivity index (χ1n) is 14.1. The van der Waals surface area contributed by atoms with Crippen molar-refractivity contribution in [3.63, 3.8) is 0 Å². The maximum Gasteiger partial charge on any atom is 0.333 e. The monoisotopic (exact) mass is 571 g/mol. The average Bonchev–Trinajstić information content (AvgIpc) is 3.44. The van der Waals surface area contributed by atoms with E-state index >= 15 is 0 Å². The third-order valence-corrected chi connectivity index (χ3v) is 9.29. The molecule has 2 saturated heterocycles. The zero-order valence-electron chi connectivity index (χ0n) is 22.4. The molecule has 40 heavy (non-hydrogen) atoms. The van der Waals surface area contributed by atoms with Gasteiger partial charge in [0.15, 0.2) is 5.76 Å². The molecule has 3 aliphatic rings. The van der Waals surface area contributed by atoms with Crippen molar-refractivity contribution < 1.29 is 18.3 Å². The van der Waals surface area contributed by atoms with E-state index in [1.807, 2.05) is 17.8 Å². The van der Waals surface area contributed by atoms with Crippen molar-refractivity contribution in [2.75, 3.05) is 37.8 Å². The molecule has 10 nitrogen and oxygen atoms in total. The van der Waals surface area contributed by atoms with Crippen LogP contribution in [-0.4, -0.2) is 68.8 Å². The number of carbonyl (C=O) groups is 1. The SMILES string of the molecule is O=C(NC1CCC(n2c(=O)c3cc(F)cnc3n(C3CCSCC3)c2=O)CC1)c1ccc(CN2CCOCC2)o1. The van der Waals surface area contributed by atoms with Gasteiger partial charge in [0.2, 0.25) is 0 Å². The van der Waals surface area contributed by atoms with Gasteiger partial charge in [0.05, 0.1) is 31.3 Å². The van der Waals surface area contributed by atoms with Gasteiger partial charge in [-0.15, -0.1) is 0 Å². The Balaban J connectivity index is 1.16. The fourth-order valence-electron chi connectivity index (χ4n) is 6.10. The average molecular weight is 572 g/mol. The van der Waals surface area contributed by atoms with E-state index in [0.717, 1.165) is 49.4 Å². The Hall–Kier alpha value is -2.96. The van der Waals surface area contributed by atoms with E-state index in [-0.39, 0.29) is 46.5 Å². The highest BCUT2D eigenvalue weighted by molar-refractivity contribution is 7.99. The first kappa shape index (κ1) is 27.2. The summed E-state index contributed by atoms with van der Waals surface area (Å²) < 4.78 is 28.3. The molecule has 0 unspecified atom stereocenters. The molecule has 1 saturated carbocycles. The predicted molar refractivity (Wildman–Crippen MR) is 149 cm³/mol. The number of hydrogen-bond acceptors (Lipinski definition) is 8. The lowest BCUT2D eigenvalue weighted by molar-refractivity contribution is 0.0311. The Morgan fingerprint density at radius 1 is 1.02 bits per heavy atom. The molecule has 1 amide bonds. The molecule has 0 aromatic carbocycles. The number of carbonyl (C=O) groups excluding carboxylic acids is 1. The van der Waals surface area contributed by atoms with E-state index < -0.39 is 11.4 Å². The quantitative estimate of drug-likeness (QED) is 0.481. The highest BCUT2D eigenvalue weighted by Crippen LogP contribution is 2.30. The zero-order valence-corrected chi connectivity index (χ0v) is 23.2. The highest BCUT2D eigenvalue weighted by atomic mass is 32.2. The summed E-state index contributed by atoms with van der Waals surface area (Å²) in [6.07, 6.45) is 5.00. The van der Waals surface area contributed by atoms with Crippen molar-refractivity contribution in [1.29, 1.82) is 0 Å². The number of rotatable bonds is 6.